The van der Waals surface area contributed by atoms with E-state index in [0.29, 0.717) is 21.3 Å². The van der Waals surface area contributed by atoms with E-state index >= 15 is 0 Å². The highest BCUT2D eigenvalue weighted by Gasteiger charge is 2.33. The van der Waals surface area contributed by atoms with E-state index in [4.69, 9.17) is 12.2 Å². The first-order valence-electron chi connectivity index (χ1n) is 10.2. The third kappa shape index (κ3) is 4.22. The fourth-order valence-corrected chi connectivity index (χ4v) is 6.04. The van der Waals surface area contributed by atoms with Crippen LogP contribution in [0.5, 0.6) is 0 Å². The van der Waals surface area contributed by atoms with E-state index < -0.39 is 0 Å². The number of hydrogen-bond donors (Lipinski definition) is 0. The third-order valence-electron chi connectivity index (χ3n) is 5.61. The van der Waals surface area contributed by atoms with E-state index in [0.717, 1.165) is 41.5 Å². The van der Waals surface area contributed by atoms with Crippen LogP contribution in [0.4, 0.5) is 5.82 Å². The Hall–Kier alpha value is -2.54. The van der Waals surface area contributed by atoms with Gasteiger partial charge in [0.2, 0.25) is 0 Å². The molecule has 164 valence electrons. The summed E-state index contributed by atoms with van der Waals surface area (Å²) in [6.45, 7) is 3.80. The SMILES string of the molecule is Cc1c(/C=C2\SC(=S)N(Cc3ccccc3)C2=O)c(N2CCSCC2)n(C)c(=O)c1C#N. The predicted octanol–water partition coefficient (Wildman–Crippen LogP) is 3.52. The van der Waals surface area contributed by atoms with Crippen molar-refractivity contribution in [2.75, 3.05) is 29.5 Å². The van der Waals surface area contributed by atoms with Crippen LogP contribution in [0, 0.1) is 18.3 Å². The van der Waals surface area contributed by atoms with Crippen molar-refractivity contribution in [3.63, 3.8) is 0 Å². The molecule has 2 fully saturated rings. The average Bonchev–Trinajstić information content (AvgIpc) is 3.06. The highest BCUT2D eigenvalue weighted by Crippen LogP contribution is 2.36. The summed E-state index contributed by atoms with van der Waals surface area (Å²) in [5.41, 5.74) is 2.12. The van der Waals surface area contributed by atoms with Gasteiger partial charge in [0.25, 0.3) is 11.5 Å². The maximum absolute atomic E-state index is 13.2. The lowest BCUT2D eigenvalue weighted by Crippen LogP contribution is -2.38. The number of thioether (sulfide) groups is 2. The molecular weight excluding hydrogens is 460 g/mol. The molecule has 1 amide bonds. The molecule has 32 heavy (non-hydrogen) atoms. The molecule has 2 saturated heterocycles. The number of carbonyl (C=O) groups excluding carboxylic acids is 1. The topological polar surface area (TPSA) is 69.3 Å². The van der Waals surface area contributed by atoms with Gasteiger partial charge in [-0.1, -0.05) is 54.3 Å². The first kappa shape index (κ1) is 22.6. The number of pyridine rings is 1. The Morgan fingerprint density at radius 3 is 2.53 bits per heavy atom. The Kier molecular flexibility index (Phi) is 6.74. The summed E-state index contributed by atoms with van der Waals surface area (Å²) in [4.78, 5) is 30.3. The van der Waals surface area contributed by atoms with E-state index in [2.05, 4.69) is 4.90 Å². The van der Waals surface area contributed by atoms with Crippen LogP contribution in [0.2, 0.25) is 0 Å². The fourth-order valence-electron chi connectivity index (χ4n) is 3.90. The van der Waals surface area contributed by atoms with Crippen LogP contribution in [-0.4, -0.2) is 44.3 Å². The molecule has 0 radical (unpaired) electrons. The molecule has 0 N–H and O–H groups in total. The maximum atomic E-state index is 13.2. The zero-order valence-corrected chi connectivity index (χ0v) is 20.3. The number of nitriles is 1. The molecule has 1 aromatic carbocycles. The molecule has 0 aliphatic carbocycles. The number of aromatic nitrogens is 1. The van der Waals surface area contributed by atoms with Crippen LogP contribution in [0.1, 0.15) is 22.3 Å². The third-order valence-corrected chi connectivity index (χ3v) is 7.93. The minimum absolute atomic E-state index is 0.105. The van der Waals surface area contributed by atoms with Gasteiger partial charge in [0, 0.05) is 37.2 Å². The molecule has 3 heterocycles. The number of anilines is 1. The van der Waals surface area contributed by atoms with Crippen molar-refractivity contribution >= 4 is 57.9 Å². The van der Waals surface area contributed by atoms with Gasteiger partial charge in [-0.2, -0.15) is 17.0 Å². The summed E-state index contributed by atoms with van der Waals surface area (Å²) in [6, 6.07) is 11.8. The van der Waals surface area contributed by atoms with Gasteiger partial charge in [-0.05, 0) is 24.1 Å². The largest absolute Gasteiger partial charge is 0.356 e. The Morgan fingerprint density at radius 2 is 1.88 bits per heavy atom. The predicted molar refractivity (Wildman–Crippen MR) is 136 cm³/mol. The molecule has 4 rings (SSSR count). The Balaban J connectivity index is 1.78. The lowest BCUT2D eigenvalue weighted by atomic mass is 10.0. The summed E-state index contributed by atoms with van der Waals surface area (Å²) >= 11 is 8.64. The summed E-state index contributed by atoms with van der Waals surface area (Å²) < 4.78 is 2.04. The molecule has 2 aliphatic heterocycles. The van der Waals surface area contributed by atoms with Crippen molar-refractivity contribution in [1.82, 2.24) is 9.47 Å². The van der Waals surface area contributed by atoms with Crippen molar-refractivity contribution in [2.24, 2.45) is 7.05 Å². The first-order chi connectivity index (χ1) is 15.4. The number of carbonyl (C=O) groups is 1. The molecule has 0 unspecified atom stereocenters. The standard InChI is InChI=1S/C23H22N4O2S3/c1-15-17(20(26-8-10-31-11-9-26)25(2)21(28)18(15)13-24)12-19-22(29)27(23(30)32-19)14-16-6-4-3-5-7-16/h3-7,12H,8-11,14H2,1-2H3/b19-12-. The minimum atomic E-state index is -0.313. The number of nitrogens with zero attached hydrogens (tertiary/aromatic N) is 4. The molecule has 6 nitrogen and oxygen atoms in total. The van der Waals surface area contributed by atoms with Gasteiger partial charge in [0.05, 0.1) is 11.4 Å². The molecular formula is C23H22N4O2S3. The number of amides is 1. The number of benzene rings is 1. The Morgan fingerprint density at radius 1 is 1.19 bits per heavy atom. The molecule has 0 saturated carbocycles. The molecule has 9 heteroatoms. The smallest absolute Gasteiger partial charge is 0.270 e. The Labute approximate surface area is 200 Å². The van der Waals surface area contributed by atoms with Crippen molar-refractivity contribution in [2.45, 2.75) is 13.5 Å². The van der Waals surface area contributed by atoms with E-state index in [1.807, 2.05) is 48.2 Å². The van der Waals surface area contributed by atoms with Gasteiger partial charge in [-0.15, -0.1) is 0 Å². The summed E-state index contributed by atoms with van der Waals surface area (Å²) in [6.07, 6.45) is 1.80. The highest BCUT2D eigenvalue weighted by molar-refractivity contribution is 8.26. The second kappa shape index (κ2) is 9.53. The zero-order chi connectivity index (χ0) is 22.8. The number of hydrogen-bond acceptors (Lipinski definition) is 7. The highest BCUT2D eigenvalue weighted by atomic mass is 32.2. The maximum Gasteiger partial charge on any atom is 0.270 e. The van der Waals surface area contributed by atoms with E-state index in [1.165, 1.54) is 16.3 Å². The lowest BCUT2D eigenvalue weighted by Gasteiger charge is -2.32. The van der Waals surface area contributed by atoms with Gasteiger partial charge in [-0.25, -0.2) is 0 Å². The van der Waals surface area contributed by atoms with Gasteiger partial charge in [0.15, 0.2) is 0 Å². The lowest BCUT2D eigenvalue weighted by molar-refractivity contribution is -0.122. The summed E-state index contributed by atoms with van der Waals surface area (Å²) in [7, 11) is 1.69. The second-order valence-corrected chi connectivity index (χ2v) is 10.5. The van der Waals surface area contributed by atoms with Crippen LogP contribution in [0.25, 0.3) is 6.08 Å². The van der Waals surface area contributed by atoms with Crippen LogP contribution < -0.4 is 10.5 Å². The van der Waals surface area contributed by atoms with Crippen molar-refractivity contribution in [3.05, 3.63) is 67.8 Å². The molecule has 2 aliphatic rings. The van der Waals surface area contributed by atoms with Gasteiger partial charge >= 0.3 is 0 Å². The summed E-state index contributed by atoms with van der Waals surface area (Å²) in [5.74, 6) is 2.52. The minimum Gasteiger partial charge on any atom is -0.356 e. The first-order valence-corrected chi connectivity index (χ1v) is 12.6. The average molecular weight is 483 g/mol. The Bertz CT molecular complexity index is 1210. The normalized spacial score (nSPS) is 17.8. The van der Waals surface area contributed by atoms with Crippen LogP contribution in [0.3, 0.4) is 0 Å². The zero-order valence-electron chi connectivity index (χ0n) is 17.8. The van der Waals surface area contributed by atoms with Crippen molar-refractivity contribution in [1.29, 1.82) is 5.26 Å². The molecule has 1 aromatic heterocycles. The molecule has 2 aromatic rings. The quantitative estimate of drug-likeness (QED) is 0.488. The monoisotopic (exact) mass is 482 g/mol. The van der Waals surface area contributed by atoms with Gasteiger partial charge < -0.3 is 4.90 Å². The van der Waals surface area contributed by atoms with E-state index in [9.17, 15) is 14.9 Å². The molecule has 0 spiro atoms. The van der Waals surface area contributed by atoms with Crippen LogP contribution in [0.15, 0.2) is 40.0 Å². The van der Waals surface area contributed by atoms with E-state index in [1.54, 1.807) is 24.9 Å². The van der Waals surface area contributed by atoms with Gasteiger partial charge in [0.1, 0.15) is 21.8 Å². The van der Waals surface area contributed by atoms with E-state index in [-0.39, 0.29) is 17.0 Å². The molecule has 0 atom stereocenters. The van der Waals surface area contributed by atoms with Crippen LogP contribution >= 0.6 is 35.7 Å². The van der Waals surface area contributed by atoms with Gasteiger partial charge in [-0.3, -0.25) is 19.1 Å². The van der Waals surface area contributed by atoms with Crippen molar-refractivity contribution < 1.29 is 4.79 Å². The second-order valence-electron chi connectivity index (χ2n) is 7.57. The number of thiocarbonyl (C=S) groups is 1. The number of rotatable bonds is 4. The summed E-state index contributed by atoms with van der Waals surface area (Å²) in [5, 5.41) is 9.61. The van der Waals surface area contributed by atoms with Crippen LogP contribution in [-0.2, 0) is 18.4 Å². The van der Waals surface area contributed by atoms with Crippen molar-refractivity contribution in [3.8, 4) is 6.07 Å². The molecule has 0 bridgehead atoms. The fraction of sp³-hybridized carbons (Fsp3) is 0.304.